The molecule has 0 aromatic heterocycles. The summed E-state index contributed by atoms with van der Waals surface area (Å²) < 4.78 is 5.44. The maximum atomic E-state index is 12.0. The summed E-state index contributed by atoms with van der Waals surface area (Å²) in [6.07, 6.45) is 4.86. The Morgan fingerprint density at radius 1 is 0.717 bits per heavy atom. The summed E-state index contributed by atoms with van der Waals surface area (Å²) in [5.41, 5.74) is 2.11. The lowest BCUT2D eigenvalue weighted by atomic mass is 9.93. The molecule has 2 aromatic carbocycles. The zero-order chi connectivity index (χ0) is 35.1. The molecule has 0 radical (unpaired) electrons. The SMILES string of the molecule is CC.CC.CC(=O)C(CN1CCC(N(C)C)CC1)c1ccc(Cl)cc1.CC(=O)C(CN1CCCOCC1)c1ccc(Cl)cc1.CCl. The van der Waals surface area contributed by atoms with E-state index in [2.05, 4.69) is 40.4 Å². The molecule has 2 aromatic rings. The number of carbonyl (C=O) groups excluding carboxylic acids is 2. The number of ether oxygens (including phenoxy) is 1. The van der Waals surface area contributed by atoms with Gasteiger partial charge in [-0.3, -0.25) is 14.5 Å². The van der Waals surface area contributed by atoms with Crippen LogP contribution in [-0.2, 0) is 14.3 Å². The molecule has 0 saturated carbocycles. The Labute approximate surface area is 295 Å². The first-order valence-electron chi connectivity index (χ1n) is 16.7. The summed E-state index contributed by atoms with van der Waals surface area (Å²) in [5.74, 6) is 0.313. The minimum absolute atomic E-state index is 0.0434. The number of ketones is 2. The van der Waals surface area contributed by atoms with Crippen LogP contribution >= 0.6 is 34.8 Å². The lowest BCUT2D eigenvalue weighted by Crippen LogP contribution is -2.43. The van der Waals surface area contributed by atoms with Crippen molar-refractivity contribution in [3.63, 3.8) is 0 Å². The molecule has 262 valence electrons. The summed E-state index contributed by atoms with van der Waals surface area (Å²) in [6.45, 7) is 18.5. The molecule has 2 heterocycles. The predicted octanol–water partition coefficient (Wildman–Crippen LogP) is 8.68. The van der Waals surface area contributed by atoms with E-state index < -0.39 is 0 Å². The average molecular weight is 701 g/mol. The molecule has 2 aliphatic rings. The fourth-order valence-electron chi connectivity index (χ4n) is 5.44. The number of Topliss-reactive ketones (excluding diaryl/α,β-unsaturated/α-hetero) is 2. The Kier molecular flexibility index (Phi) is 25.6. The molecule has 6 nitrogen and oxygen atoms in total. The highest BCUT2D eigenvalue weighted by Crippen LogP contribution is 2.24. The molecule has 9 heteroatoms. The Balaban J connectivity index is 0.000000760. The molecule has 4 rings (SSSR count). The highest BCUT2D eigenvalue weighted by molar-refractivity contribution is 6.30. The minimum atomic E-state index is -0.0737. The zero-order valence-corrected chi connectivity index (χ0v) is 32.1. The number of hydrogen-bond acceptors (Lipinski definition) is 6. The molecular weight excluding hydrogens is 641 g/mol. The third-order valence-corrected chi connectivity index (χ3v) is 8.51. The van der Waals surface area contributed by atoms with Crippen LogP contribution in [0, 0.1) is 0 Å². The molecule has 0 bridgehead atoms. The molecule has 0 aliphatic carbocycles. The van der Waals surface area contributed by atoms with E-state index >= 15 is 0 Å². The number of rotatable bonds is 9. The summed E-state index contributed by atoms with van der Waals surface area (Å²) in [7, 11) is 4.29. The van der Waals surface area contributed by atoms with Crippen molar-refractivity contribution in [3.8, 4) is 0 Å². The number of piperidine rings is 1. The third-order valence-electron chi connectivity index (χ3n) is 8.01. The van der Waals surface area contributed by atoms with Crippen molar-refractivity contribution in [2.24, 2.45) is 0 Å². The molecule has 0 spiro atoms. The van der Waals surface area contributed by atoms with E-state index in [0.29, 0.717) is 16.1 Å². The van der Waals surface area contributed by atoms with Gasteiger partial charge in [-0.25, -0.2) is 0 Å². The van der Waals surface area contributed by atoms with Gasteiger partial charge in [-0.1, -0.05) is 75.2 Å². The van der Waals surface area contributed by atoms with Gasteiger partial charge < -0.3 is 14.5 Å². The Morgan fingerprint density at radius 2 is 1.11 bits per heavy atom. The molecule has 2 atom stereocenters. The second-order valence-corrected chi connectivity index (χ2v) is 12.1. The van der Waals surface area contributed by atoms with Gasteiger partial charge in [-0.05, 0) is 95.7 Å². The van der Waals surface area contributed by atoms with E-state index in [1.807, 2.05) is 76.2 Å². The number of carbonyl (C=O) groups is 2. The third kappa shape index (κ3) is 17.1. The summed E-state index contributed by atoms with van der Waals surface area (Å²) in [4.78, 5) is 30.9. The van der Waals surface area contributed by atoms with E-state index in [0.717, 1.165) is 70.0 Å². The fourth-order valence-corrected chi connectivity index (χ4v) is 5.69. The van der Waals surface area contributed by atoms with Crippen LogP contribution in [0.4, 0.5) is 0 Å². The molecular formula is C37H60Cl3N3O3. The normalized spacial score (nSPS) is 16.8. The van der Waals surface area contributed by atoms with Gasteiger partial charge in [0.25, 0.3) is 0 Å². The van der Waals surface area contributed by atoms with Gasteiger partial charge in [-0.15, -0.1) is 11.6 Å². The number of alkyl halides is 1. The van der Waals surface area contributed by atoms with Crippen molar-refractivity contribution in [2.45, 2.75) is 78.7 Å². The van der Waals surface area contributed by atoms with Gasteiger partial charge in [0.15, 0.2) is 0 Å². The lowest BCUT2D eigenvalue weighted by Gasteiger charge is -2.36. The molecule has 2 saturated heterocycles. The second-order valence-electron chi connectivity index (χ2n) is 11.2. The summed E-state index contributed by atoms with van der Waals surface area (Å²) in [5, 5.41) is 1.42. The molecule has 46 heavy (non-hydrogen) atoms. The molecule has 2 aliphatic heterocycles. The number of halogens is 3. The van der Waals surface area contributed by atoms with Crippen molar-refractivity contribution in [3.05, 3.63) is 69.7 Å². The van der Waals surface area contributed by atoms with Gasteiger partial charge in [0, 0.05) is 55.3 Å². The van der Waals surface area contributed by atoms with Crippen LogP contribution in [0.3, 0.4) is 0 Å². The van der Waals surface area contributed by atoms with Crippen LogP contribution < -0.4 is 0 Å². The Morgan fingerprint density at radius 3 is 1.48 bits per heavy atom. The number of hydrogen-bond donors (Lipinski definition) is 0. The number of benzene rings is 2. The van der Waals surface area contributed by atoms with Crippen molar-refractivity contribution in [2.75, 3.05) is 73.0 Å². The summed E-state index contributed by atoms with van der Waals surface area (Å²) in [6, 6.07) is 15.9. The van der Waals surface area contributed by atoms with E-state index in [1.165, 1.54) is 19.2 Å². The topological polar surface area (TPSA) is 53.1 Å². The average Bonchev–Trinajstić information content (AvgIpc) is 3.35. The standard InChI is InChI=1S/C17H25ClN2O.C15H20ClNO2.2C2H6.CH3Cl/c1-13(21)17(14-4-6-15(18)7-5-14)12-20-10-8-16(9-11-20)19(2)3;1-12(18)15(13-3-5-14(16)6-4-13)11-17-7-2-9-19-10-8-17;3*1-2/h4-7,16-17H,8-12H2,1-3H3;3-6,15H,2,7-11H2,1H3;2*1-2H3;1H3. The second kappa shape index (κ2) is 26.4. The fraction of sp³-hybridized carbons (Fsp3) is 0.622. The van der Waals surface area contributed by atoms with Crippen LogP contribution in [0.15, 0.2) is 48.5 Å². The minimum Gasteiger partial charge on any atom is -0.380 e. The molecule has 0 N–H and O–H groups in total. The van der Waals surface area contributed by atoms with Gasteiger partial charge in [0.2, 0.25) is 0 Å². The van der Waals surface area contributed by atoms with Crippen molar-refractivity contribution >= 4 is 46.4 Å². The van der Waals surface area contributed by atoms with Gasteiger partial charge in [0.05, 0.1) is 18.4 Å². The van der Waals surface area contributed by atoms with E-state index in [-0.39, 0.29) is 23.4 Å². The molecule has 2 unspecified atom stereocenters. The van der Waals surface area contributed by atoms with E-state index in [9.17, 15) is 9.59 Å². The van der Waals surface area contributed by atoms with E-state index in [1.54, 1.807) is 13.8 Å². The van der Waals surface area contributed by atoms with Crippen molar-refractivity contribution in [1.29, 1.82) is 0 Å². The van der Waals surface area contributed by atoms with Crippen LogP contribution in [0.2, 0.25) is 10.0 Å². The maximum absolute atomic E-state index is 12.0. The largest absolute Gasteiger partial charge is 0.380 e. The first-order valence-corrected chi connectivity index (χ1v) is 18.2. The Bertz CT molecular complexity index is 1050. The highest BCUT2D eigenvalue weighted by atomic mass is 35.5. The molecule has 0 amide bonds. The molecule has 2 fully saturated rings. The van der Waals surface area contributed by atoms with Crippen LogP contribution in [0.25, 0.3) is 0 Å². The summed E-state index contributed by atoms with van der Waals surface area (Å²) >= 11 is 16.5. The maximum Gasteiger partial charge on any atom is 0.138 e. The first kappa shape index (κ1) is 44.5. The Hall–Kier alpha value is -1.51. The van der Waals surface area contributed by atoms with Crippen LogP contribution in [0.5, 0.6) is 0 Å². The van der Waals surface area contributed by atoms with Crippen molar-refractivity contribution < 1.29 is 14.3 Å². The quantitative estimate of drug-likeness (QED) is 0.244. The number of nitrogens with zero attached hydrogens (tertiary/aromatic N) is 3. The predicted molar refractivity (Wildman–Crippen MR) is 199 cm³/mol. The first-order chi connectivity index (χ1) is 22.1. The van der Waals surface area contributed by atoms with Gasteiger partial charge >= 0.3 is 0 Å². The zero-order valence-electron chi connectivity index (χ0n) is 29.8. The van der Waals surface area contributed by atoms with Crippen LogP contribution in [0.1, 0.15) is 83.8 Å². The number of likely N-dealkylation sites (tertiary alicyclic amines) is 1. The van der Waals surface area contributed by atoms with Crippen molar-refractivity contribution in [1.82, 2.24) is 14.7 Å². The lowest BCUT2D eigenvalue weighted by molar-refractivity contribution is -0.119. The van der Waals surface area contributed by atoms with Crippen LogP contribution in [-0.4, -0.2) is 105 Å². The van der Waals surface area contributed by atoms with Gasteiger partial charge in [-0.2, -0.15) is 0 Å². The smallest absolute Gasteiger partial charge is 0.138 e. The highest BCUT2D eigenvalue weighted by Gasteiger charge is 2.25. The van der Waals surface area contributed by atoms with E-state index in [4.69, 9.17) is 27.9 Å². The monoisotopic (exact) mass is 699 g/mol. The van der Waals surface area contributed by atoms with Gasteiger partial charge in [0.1, 0.15) is 11.6 Å².